The Hall–Kier alpha value is -2.97. The smallest absolute Gasteiger partial charge is 0.438 e. The van der Waals surface area contributed by atoms with Gasteiger partial charge in [-0.1, -0.05) is 6.07 Å². The van der Waals surface area contributed by atoms with E-state index in [-0.39, 0.29) is 18.1 Å². The number of carbonyl (C=O) groups excluding carboxylic acids is 3. The minimum absolute atomic E-state index is 0.0279. The van der Waals surface area contributed by atoms with Gasteiger partial charge < -0.3 is 28.4 Å². The molecule has 0 aliphatic heterocycles. The summed E-state index contributed by atoms with van der Waals surface area (Å²) >= 11 is 0. The van der Waals surface area contributed by atoms with E-state index in [1.165, 1.54) is 19.2 Å². The van der Waals surface area contributed by atoms with Crippen molar-refractivity contribution in [2.24, 2.45) is 0 Å². The molecule has 0 N–H and O–H groups in total. The van der Waals surface area contributed by atoms with E-state index in [0.717, 1.165) is 14.2 Å². The minimum atomic E-state index is -0.984. The first kappa shape index (κ1) is 18.1. The van der Waals surface area contributed by atoms with Gasteiger partial charge in [0, 0.05) is 6.42 Å². The molecule has 0 heterocycles. The van der Waals surface area contributed by atoms with Gasteiger partial charge in [-0.15, -0.1) is 0 Å². The Labute approximate surface area is 132 Å². The molecule has 23 heavy (non-hydrogen) atoms. The highest BCUT2D eigenvalue weighted by atomic mass is 16.7. The lowest BCUT2D eigenvalue weighted by atomic mass is 10.1. The lowest BCUT2D eigenvalue weighted by molar-refractivity contribution is 0.0736. The molecule has 0 aromatic heterocycles. The van der Waals surface area contributed by atoms with E-state index in [1.807, 2.05) is 0 Å². The molecule has 0 aliphatic rings. The zero-order valence-corrected chi connectivity index (χ0v) is 12.8. The van der Waals surface area contributed by atoms with E-state index in [2.05, 4.69) is 14.2 Å². The lowest BCUT2D eigenvalue weighted by Gasteiger charge is -2.11. The molecule has 0 fully saturated rings. The Balaban J connectivity index is 2.85. The molecule has 9 nitrogen and oxygen atoms in total. The van der Waals surface area contributed by atoms with Crippen LogP contribution < -0.4 is 9.47 Å². The molecular weight excluding hydrogens is 312 g/mol. The average molecular weight is 328 g/mol. The number of rotatable bonds is 5. The molecule has 0 unspecified atom stereocenters. The van der Waals surface area contributed by atoms with Crippen LogP contribution in [-0.4, -0.2) is 46.4 Å². The maximum Gasteiger partial charge on any atom is 0.513 e. The quantitative estimate of drug-likeness (QED) is 0.457. The molecule has 0 radical (unpaired) electrons. The first-order valence-corrected chi connectivity index (χ1v) is 6.35. The van der Waals surface area contributed by atoms with Crippen LogP contribution in [0.4, 0.5) is 14.4 Å². The SMILES string of the molecule is COC(=O)OCCc1ccc(OC(=O)OC)c(OC(=O)OC)c1. The first-order chi connectivity index (χ1) is 11.0. The van der Waals surface area contributed by atoms with Crippen molar-refractivity contribution in [3.05, 3.63) is 23.8 Å². The lowest BCUT2D eigenvalue weighted by Crippen LogP contribution is -2.12. The highest BCUT2D eigenvalue weighted by Crippen LogP contribution is 2.29. The molecule has 0 saturated carbocycles. The molecule has 1 rings (SSSR count). The highest BCUT2D eigenvalue weighted by Gasteiger charge is 2.15. The van der Waals surface area contributed by atoms with Crippen molar-refractivity contribution in [3.8, 4) is 11.5 Å². The molecule has 0 aliphatic carbocycles. The van der Waals surface area contributed by atoms with Crippen molar-refractivity contribution in [2.45, 2.75) is 6.42 Å². The Kier molecular flexibility index (Phi) is 7.18. The minimum Gasteiger partial charge on any atom is -0.438 e. The van der Waals surface area contributed by atoms with Crippen LogP contribution in [0.5, 0.6) is 11.5 Å². The van der Waals surface area contributed by atoms with Crippen LogP contribution in [0.1, 0.15) is 5.56 Å². The van der Waals surface area contributed by atoms with Crippen molar-refractivity contribution >= 4 is 18.5 Å². The summed E-state index contributed by atoms with van der Waals surface area (Å²) in [5, 5.41) is 0. The fourth-order valence-corrected chi connectivity index (χ4v) is 1.45. The van der Waals surface area contributed by atoms with E-state index in [4.69, 9.17) is 14.2 Å². The Bertz CT molecular complexity index is 567. The summed E-state index contributed by atoms with van der Waals surface area (Å²) in [7, 11) is 3.47. The van der Waals surface area contributed by atoms with Crippen molar-refractivity contribution in [1.29, 1.82) is 0 Å². The van der Waals surface area contributed by atoms with Crippen molar-refractivity contribution in [3.63, 3.8) is 0 Å². The van der Waals surface area contributed by atoms with Crippen LogP contribution in [0.25, 0.3) is 0 Å². The third kappa shape index (κ3) is 6.12. The second-order valence-electron chi connectivity index (χ2n) is 3.95. The van der Waals surface area contributed by atoms with Gasteiger partial charge >= 0.3 is 18.5 Å². The number of hydrogen-bond acceptors (Lipinski definition) is 9. The second kappa shape index (κ2) is 9.13. The van der Waals surface area contributed by atoms with Gasteiger partial charge in [0.15, 0.2) is 11.5 Å². The normalized spacial score (nSPS) is 9.52. The number of methoxy groups -OCH3 is 3. The summed E-state index contributed by atoms with van der Waals surface area (Å²) in [6.07, 6.45) is -2.43. The van der Waals surface area contributed by atoms with E-state index in [0.29, 0.717) is 12.0 Å². The zero-order valence-electron chi connectivity index (χ0n) is 12.8. The van der Waals surface area contributed by atoms with E-state index in [9.17, 15) is 14.4 Å². The van der Waals surface area contributed by atoms with Gasteiger partial charge in [0.2, 0.25) is 0 Å². The van der Waals surface area contributed by atoms with Crippen LogP contribution in [0.2, 0.25) is 0 Å². The fourth-order valence-electron chi connectivity index (χ4n) is 1.45. The van der Waals surface area contributed by atoms with E-state index in [1.54, 1.807) is 6.07 Å². The van der Waals surface area contributed by atoms with Crippen molar-refractivity contribution in [1.82, 2.24) is 0 Å². The number of ether oxygens (including phenoxy) is 6. The standard InChI is InChI=1S/C14H16O9/c1-18-12(15)21-7-6-9-4-5-10(22-13(16)19-2)11(8-9)23-14(17)20-3/h4-5,8H,6-7H2,1-3H3. The van der Waals surface area contributed by atoms with Gasteiger partial charge in [0.1, 0.15) is 0 Å². The number of carbonyl (C=O) groups is 3. The van der Waals surface area contributed by atoms with Crippen LogP contribution in [0, 0.1) is 0 Å². The van der Waals surface area contributed by atoms with Gasteiger partial charge in [-0.05, 0) is 17.7 Å². The summed E-state index contributed by atoms with van der Waals surface area (Å²) in [5.74, 6) is -0.0716. The average Bonchev–Trinajstić information content (AvgIpc) is 2.56. The third-order valence-corrected chi connectivity index (χ3v) is 2.51. The van der Waals surface area contributed by atoms with Gasteiger partial charge in [-0.2, -0.15) is 0 Å². The van der Waals surface area contributed by atoms with Crippen molar-refractivity contribution < 1.29 is 42.8 Å². The summed E-state index contributed by atoms with van der Waals surface area (Å²) in [4.78, 5) is 33.3. The van der Waals surface area contributed by atoms with Gasteiger partial charge in [0.05, 0.1) is 27.9 Å². The third-order valence-electron chi connectivity index (χ3n) is 2.51. The molecular formula is C14H16O9. The predicted octanol–water partition coefficient (Wildman–Crippen LogP) is 2.30. The van der Waals surface area contributed by atoms with Crippen LogP contribution in [0.3, 0.4) is 0 Å². The van der Waals surface area contributed by atoms with Gasteiger partial charge in [-0.3, -0.25) is 0 Å². The summed E-state index contributed by atoms with van der Waals surface area (Å²) in [6, 6.07) is 4.45. The second-order valence-corrected chi connectivity index (χ2v) is 3.95. The Morgan fingerprint density at radius 2 is 1.39 bits per heavy atom. The molecule has 0 spiro atoms. The van der Waals surface area contributed by atoms with Crippen LogP contribution in [0.15, 0.2) is 18.2 Å². The fraction of sp³-hybridized carbons (Fsp3) is 0.357. The molecule has 1 aromatic carbocycles. The Morgan fingerprint density at radius 3 is 1.96 bits per heavy atom. The number of hydrogen-bond donors (Lipinski definition) is 0. The molecule has 1 aromatic rings. The van der Waals surface area contributed by atoms with Crippen LogP contribution in [-0.2, 0) is 25.4 Å². The molecule has 0 saturated heterocycles. The zero-order chi connectivity index (χ0) is 17.2. The van der Waals surface area contributed by atoms with E-state index < -0.39 is 18.5 Å². The molecule has 0 amide bonds. The summed E-state index contributed by atoms with van der Waals surface area (Å²) in [6.45, 7) is 0.0571. The Morgan fingerprint density at radius 1 is 0.826 bits per heavy atom. The molecule has 0 bridgehead atoms. The largest absolute Gasteiger partial charge is 0.513 e. The van der Waals surface area contributed by atoms with Gasteiger partial charge in [-0.25, -0.2) is 14.4 Å². The topological polar surface area (TPSA) is 107 Å². The van der Waals surface area contributed by atoms with Crippen molar-refractivity contribution in [2.75, 3.05) is 27.9 Å². The first-order valence-electron chi connectivity index (χ1n) is 6.35. The molecule has 126 valence electrons. The summed E-state index contributed by atoms with van der Waals surface area (Å²) in [5.41, 5.74) is 0.657. The molecule has 0 atom stereocenters. The monoisotopic (exact) mass is 328 g/mol. The van der Waals surface area contributed by atoms with Gasteiger partial charge in [0.25, 0.3) is 0 Å². The van der Waals surface area contributed by atoms with Crippen LogP contribution >= 0.6 is 0 Å². The summed E-state index contributed by atoms with van der Waals surface area (Å²) < 4.78 is 27.6. The highest BCUT2D eigenvalue weighted by molar-refractivity contribution is 5.69. The number of benzene rings is 1. The van der Waals surface area contributed by atoms with E-state index >= 15 is 0 Å². The maximum absolute atomic E-state index is 11.2. The maximum atomic E-state index is 11.2. The molecule has 9 heteroatoms. The predicted molar refractivity (Wildman–Crippen MR) is 74.6 cm³/mol.